The molecule has 2 aliphatic rings. The fraction of sp³-hybridized carbons (Fsp3) is 0.368. The molecule has 1 nitrogen and oxygen atoms in total. The van der Waals surface area contributed by atoms with Crippen LogP contribution in [0.3, 0.4) is 0 Å². The largest absolute Gasteiger partial charge is 0.416 e. The maximum Gasteiger partial charge on any atom is 0.416 e. The van der Waals surface area contributed by atoms with Crippen molar-refractivity contribution in [3.05, 3.63) is 70.8 Å². The smallest absolute Gasteiger partial charge is 0.307 e. The van der Waals surface area contributed by atoms with E-state index in [0.717, 1.165) is 30.4 Å². The van der Waals surface area contributed by atoms with Crippen molar-refractivity contribution in [3.63, 3.8) is 0 Å². The molecule has 0 aromatic heterocycles. The van der Waals surface area contributed by atoms with Gasteiger partial charge in [0.1, 0.15) is 0 Å². The predicted octanol–water partition coefficient (Wildman–Crippen LogP) is 5.26. The highest BCUT2D eigenvalue weighted by molar-refractivity contribution is 5.85. The summed E-state index contributed by atoms with van der Waals surface area (Å²) in [5, 5.41) is 3.57. The first-order chi connectivity index (χ1) is 11.0. The van der Waals surface area contributed by atoms with Crippen molar-refractivity contribution >= 4 is 12.4 Å². The number of benzene rings is 2. The number of hydrogen-bond acceptors (Lipinski definition) is 1. The summed E-state index contributed by atoms with van der Waals surface area (Å²) >= 11 is 0. The second-order valence-corrected chi connectivity index (χ2v) is 6.53. The van der Waals surface area contributed by atoms with Crippen LogP contribution in [0.4, 0.5) is 13.2 Å². The maximum absolute atomic E-state index is 12.9. The van der Waals surface area contributed by atoms with Crippen LogP contribution in [0, 0.1) is 0 Å². The topological polar surface area (TPSA) is 12.0 Å². The molecule has 1 saturated carbocycles. The fourth-order valence-corrected chi connectivity index (χ4v) is 3.66. The van der Waals surface area contributed by atoms with Crippen LogP contribution in [-0.4, -0.2) is 6.04 Å². The minimum absolute atomic E-state index is 0. The molecular formula is C19H19ClF3N. The van der Waals surface area contributed by atoms with Crippen LogP contribution in [0.5, 0.6) is 0 Å². The van der Waals surface area contributed by atoms with Crippen molar-refractivity contribution in [2.45, 2.75) is 43.4 Å². The summed E-state index contributed by atoms with van der Waals surface area (Å²) in [6, 6.07) is 14.9. The van der Waals surface area contributed by atoms with E-state index in [-0.39, 0.29) is 18.4 Å². The van der Waals surface area contributed by atoms with Gasteiger partial charge in [0, 0.05) is 18.0 Å². The zero-order valence-electron chi connectivity index (χ0n) is 13.0. The van der Waals surface area contributed by atoms with Crippen LogP contribution in [-0.2, 0) is 12.6 Å². The molecule has 2 aliphatic carbocycles. The lowest BCUT2D eigenvalue weighted by atomic mass is 10.0. The van der Waals surface area contributed by atoms with Crippen LogP contribution in [0.25, 0.3) is 0 Å². The van der Waals surface area contributed by atoms with E-state index in [1.54, 1.807) is 6.07 Å². The summed E-state index contributed by atoms with van der Waals surface area (Å²) in [6.45, 7) is 0. The number of rotatable bonds is 3. The maximum atomic E-state index is 12.9. The Bertz CT molecular complexity index is 714. The summed E-state index contributed by atoms with van der Waals surface area (Å²) in [5.41, 5.74) is 2.65. The summed E-state index contributed by atoms with van der Waals surface area (Å²) in [6.07, 6.45) is -1.47. The van der Waals surface area contributed by atoms with Crippen LogP contribution < -0.4 is 5.32 Å². The van der Waals surface area contributed by atoms with E-state index >= 15 is 0 Å². The lowest BCUT2D eigenvalue weighted by molar-refractivity contribution is -0.137. The quantitative estimate of drug-likeness (QED) is 0.793. The van der Waals surface area contributed by atoms with E-state index < -0.39 is 11.7 Å². The Morgan fingerprint density at radius 2 is 1.75 bits per heavy atom. The van der Waals surface area contributed by atoms with Gasteiger partial charge in [-0.25, -0.2) is 0 Å². The Morgan fingerprint density at radius 3 is 2.46 bits per heavy atom. The monoisotopic (exact) mass is 353 g/mol. The van der Waals surface area contributed by atoms with Crippen molar-refractivity contribution in [1.82, 2.24) is 5.32 Å². The number of hydrogen-bond donors (Lipinski definition) is 1. The highest BCUT2D eigenvalue weighted by Crippen LogP contribution is 2.44. The summed E-state index contributed by atoms with van der Waals surface area (Å²) in [4.78, 5) is 0. The van der Waals surface area contributed by atoms with E-state index in [0.29, 0.717) is 12.0 Å². The minimum Gasteiger partial charge on any atom is -0.307 e. The number of aryl methyl sites for hydroxylation is 1. The van der Waals surface area contributed by atoms with E-state index in [2.05, 4.69) is 17.4 Å². The molecule has 3 atom stereocenters. The molecule has 1 fully saturated rings. The lowest BCUT2D eigenvalue weighted by Crippen LogP contribution is -2.23. The molecule has 1 N–H and O–H groups in total. The van der Waals surface area contributed by atoms with Gasteiger partial charge in [0.25, 0.3) is 0 Å². The van der Waals surface area contributed by atoms with Gasteiger partial charge in [-0.2, -0.15) is 13.2 Å². The third kappa shape index (κ3) is 3.31. The average Bonchev–Trinajstić information content (AvgIpc) is 3.19. The van der Waals surface area contributed by atoms with Gasteiger partial charge in [-0.1, -0.05) is 36.4 Å². The lowest BCUT2D eigenvalue weighted by Gasteiger charge is -2.16. The second-order valence-electron chi connectivity index (χ2n) is 6.53. The van der Waals surface area contributed by atoms with Crippen molar-refractivity contribution in [2.24, 2.45) is 0 Å². The third-order valence-electron chi connectivity index (χ3n) is 4.98. The zero-order valence-corrected chi connectivity index (χ0v) is 13.8. The molecule has 24 heavy (non-hydrogen) atoms. The van der Waals surface area contributed by atoms with Gasteiger partial charge in [-0.05, 0) is 48.1 Å². The number of fused-ring (bicyclic) bond motifs is 1. The molecule has 0 saturated heterocycles. The average molecular weight is 354 g/mol. The molecule has 0 amide bonds. The first-order valence-corrected chi connectivity index (χ1v) is 8.03. The molecule has 4 rings (SSSR count). The molecule has 5 heteroatoms. The van der Waals surface area contributed by atoms with Crippen molar-refractivity contribution in [2.75, 3.05) is 0 Å². The SMILES string of the molecule is Cl.FC(F)(F)c1ccc2c(c1)C(N[C@H]1CC1c1ccccc1)CC2. The van der Waals surface area contributed by atoms with Crippen LogP contribution in [0.1, 0.15) is 47.1 Å². The number of nitrogens with one attached hydrogen (secondary N) is 1. The Kier molecular flexibility index (Phi) is 4.63. The third-order valence-corrected chi connectivity index (χ3v) is 4.98. The summed E-state index contributed by atoms with van der Waals surface area (Å²) < 4.78 is 38.8. The molecule has 2 aromatic rings. The first kappa shape index (κ1) is 17.3. The molecule has 2 aromatic carbocycles. The molecule has 0 radical (unpaired) electrons. The van der Waals surface area contributed by atoms with Crippen molar-refractivity contribution in [3.8, 4) is 0 Å². The molecule has 0 heterocycles. The van der Waals surface area contributed by atoms with E-state index in [4.69, 9.17) is 0 Å². The standard InChI is InChI=1S/C19H18F3N.ClH/c20-19(21,22)14-8-6-13-7-9-17(15(13)10-14)23-18-11-16(18)12-4-2-1-3-5-12;/h1-6,8,10,16-18,23H,7,9,11H2;1H/t16?,17?,18-;/m0./s1. The molecule has 128 valence electrons. The van der Waals surface area contributed by atoms with Gasteiger partial charge in [-0.3, -0.25) is 0 Å². The first-order valence-electron chi connectivity index (χ1n) is 8.03. The fourth-order valence-electron chi connectivity index (χ4n) is 3.66. The zero-order chi connectivity index (χ0) is 16.0. The summed E-state index contributed by atoms with van der Waals surface area (Å²) in [7, 11) is 0. The molecular weight excluding hydrogens is 335 g/mol. The normalized spacial score (nSPS) is 25.0. The molecule has 0 bridgehead atoms. The van der Waals surface area contributed by atoms with E-state index in [1.165, 1.54) is 17.7 Å². The summed E-state index contributed by atoms with van der Waals surface area (Å²) in [5.74, 6) is 0.492. The van der Waals surface area contributed by atoms with Crippen molar-refractivity contribution in [1.29, 1.82) is 0 Å². The van der Waals surface area contributed by atoms with Crippen molar-refractivity contribution < 1.29 is 13.2 Å². The number of alkyl halides is 3. The Hall–Kier alpha value is -1.52. The molecule has 2 unspecified atom stereocenters. The van der Waals surface area contributed by atoms with Gasteiger partial charge >= 0.3 is 6.18 Å². The molecule has 0 spiro atoms. The highest BCUT2D eigenvalue weighted by atomic mass is 35.5. The predicted molar refractivity (Wildman–Crippen MR) is 90.5 cm³/mol. The van der Waals surface area contributed by atoms with Gasteiger partial charge in [0.2, 0.25) is 0 Å². The van der Waals surface area contributed by atoms with E-state index in [1.807, 2.05) is 18.2 Å². The Labute approximate surface area is 145 Å². The van der Waals surface area contributed by atoms with Crippen LogP contribution in [0.15, 0.2) is 48.5 Å². The van der Waals surface area contributed by atoms with Gasteiger partial charge in [0.05, 0.1) is 5.56 Å². The van der Waals surface area contributed by atoms with E-state index in [9.17, 15) is 13.2 Å². The van der Waals surface area contributed by atoms with Gasteiger partial charge < -0.3 is 5.32 Å². The van der Waals surface area contributed by atoms with Gasteiger partial charge in [0.15, 0.2) is 0 Å². The van der Waals surface area contributed by atoms with Crippen LogP contribution in [0.2, 0.25) is 0 Å². The van der Waals surface area contributed by atoms with Crippen LogP contribution >= 0.6 is 12.4 Å². The number of halogens is 4. The Balaban J connectivity index is 0.00000169. The minimum atomic E-state index is -4.27. The van der Waals surface area contributed by atoms with Gasteiger partial charge in [-0.15, -0.1) is 12.4 Å². The highest BCUT2D eigenvalue weighted by Gasteiger charge is 2.41. The Morgan fingerprint density at radius 1 is 1.00 bits per heavy atom. The molecule has 0 aliphatic heterocycles. The second kappa shape index (κ2) is 6.41.